The van der Waals surface area contributed by atoms with E-state index in [2.05, 4.69) is 10.1 Å². The van der Waals surface area contributed by atoms with Gasteiger partial charge in [-0.05, 0) is 26.8 Å². The summed E-state index contributed by atoms with van der Waals surface area (Å²) in [6, 6.07) is 2.70. The Morgan fingerprint density at radius 2 is 2.14 bits per heavy atom. The van der Waals surface area contributed by atoms with Gasteiger partial charge in [0, 0.05) is 12.1 Å². The number of fused-ring (bicyclic) bond motifs is 1. The van der Waals surface area contributed by atoms with Gasteiger partial charge < -0.3 is 19.9 Å². The van der Waals surface area contributed by atoms with E-state index in [0.29, 0.717) is 0 Å². The van der Waals surface area contributed by atoms with Crippen molar-refractivity contribution in [3.63, 3.8) is 0 Å². The number of halogens is 1. The Bertz CT molecular complexity index is 594. The molecule has 0 spiro atoms. The highest BCUT2D eigenvalue weighted by Gasteiger charge is 2.33. The Kier molecular flexibility index (Phi) is 3.87. The van der Waals surface area contributed by atoms with Gasteiger partial charge in [-0.1, -0.05) is 6.07 Å². The largest absolute Gasteiger partial charge is 0.444 e. The Labute approximate surface area is 120 Å². The van der Waals surface area contributed by atoms with Crippen molar-refractivity contribution >= 4 is 12.1 Å². The highest BCUT2D eigenvalue weighted by molar-refractivity contribution is 5.94. The minimum absolute atomic E-state index is 0.0129. The van der Waals surface area contributed by atoms with E-state index in [1.54, 1.807) is 20.8 Å². The Hall–Kier alpha value is -2.15. The highest BCUT2D eigenvalue weighted by Crippen LogP contribution is 2.32. The van der Waals surface area contributed by atoms with Gasteiger partial charge in [-0.2, -0.15) is 0 Å². The van der Waals surface area contributed by atoms with Gasteiger partial charge in [-0.15, -0.1) is 0 Å². The Morgan fingerprint density at radius 1 is 1.48 bits per heavy atom. The summed E-state index contributed by atoms with van der Waals surface area (Å²) in [6.07, 6.45) is -2.30. The molecule has 0 fully saturated rings. The van der Waals surface area contributed by atoms with E-state index in [-0.39, 0.29) is 23.2 Å². The topological polar surface area (TPSA) is 84.9 Å². The maximum absolute atomic E-state index is 14.2. The first-order valence-corrected chi connectivity index (χ1v) is 6.36. The number of esters is 1. The lowest BCUT2D eigenvalue weighted by Gasteiger charge is -2.19. The fraction of sp³-hybridized carbons (Fsp3) is 0.429. The van der Waals surface area contributed by atoms with E-state index >= 15 is 0 Å². The number of aliphatic hydroxyl groups excluding tert-OH is 1. The summed E-state index contributed by atoms with van der Waals surface area (Å²) in [4.78, 5) is 22.8. The van der Waals surface area contributed by atoms with E-state index in [0.717, 1.165) is 0 Å². The molecule has 0 radical (unpaired) electrons. The van der Waals surface area contributed by atoms with Crippen LogP contribution in [-0.2, 0) is 16.0 Å². The summed E-state index contributed by atoms with van der Waals surface area (Å²) < 4.78 is 23.8. The van der Waals surface area contributed by atoms with Crippen LogP contribution < -0.4 is 5.32 Å². The van der Waals surface area contributed by atoms with Crippen molar-refractivity contribution < 1.29 is 28.6 Å². The zero-order chi connectivity index (χ0) is 15.8. The van der Waals surface area contributed by atoms with Crippen LogP contribution in [0.2, 0.25) is 0 Å². The molecule has 0 aromatic heterocycles. The van der Waals surface area contributed by atoms with Gasteiger partial charge in [0.25, 0.3) is 0 Å². The van der Waals surface area contributed by atoms with Crippen molar-refractivity contribution in [2.24, 2.45) is 0 Å². The van der Waals surface area contributed by atoms with Crippen LogP contribution in [-0.4, -0.2) is 22.8 Å². The van der Waals surface area contributed by atoms with E-state index in [1.807, 2.05) is 0 Å². The number of carbonyl (C=O) groups is 2. The molecule has 0 bridgehead atoms. The van der Waals surface area contributed by atoms with Gasteiger partial charge in [-0.3, -0.25) is 0 Å². The van der Waals surface area contributed by atoms with Gasteiger partial charge in [-0.25, -0.2) is 14.0 Å². The van der Waals surface area contributed by atoms with Crippen LogP contribution >= 0.6 is 0 Å². The van der Waals surface area contributed by atoms with Crippen LogP contribution in [0.3, 0.4) is 0 Å². The molecule has 1 aliphatic rings. The number of ether oxygens (including phenoxy) is 2. The molecular formula is C14H16FNO5. The molecule has 0 saturated carbocycles. The molecule has 1 aromatic rings. The fourth-order valence-electron chi connectivity index (χ4n) is 1.90. The lowest BCUT2D eigenvalue weighted by Crippen LogP contribution is -2.32. The standard InChI is InChI=1S/C14H16FNO5/c1-14(2,3)21-13(19)16-6-7-4-5-8-9(10(7)15)12(18)20-11(8)17/h4-5,12,18H,6H2,1-3H3,(H,16,19). The zero-order valence-electron chi connectivity index (χ0n) is 11.9. The van der Waals surface area contributed by atoms with Crippen molar-refractivity contribution in [2.75, 3.05) is 0 Å². The van der Waals surface area contributed by atoms with Crippen LogP contribution in [0.4, 0.5) is 9.18 Å². The number of nitrogens with one attached hydrogen (secondary N) is 1. The van der Waals surface area contributed by atoms with E-state index < -0.39 is 29.8 Å². The summed E-state index contributed by atoms with van der Waals surface area (Å²) in [5.74, 6) is -1.55. The van der Waals surface area contributed by atoms with Crippen molar-refractivity contribution in [3.8, 4) is 0 Å². The molecule has 2 N–H and O–H groups in total. The molecule has 21 heavy (non-hydrogen) atoms. The second-order valence-corrected chi connectivity index (χ2v) is 5.61. The van der Waals surface area contributed by atoms with Crippen molar-refractivity contribution in [2.45, 2.75) is 39.2 Å². The number of benzene rings is 1. The molecule has 1 unspecified atom stereocenters. The normalized spacial score (nSPS) is 17.2. The minimum Gasteiger partial charge on any atom is -0.444 e. The van der Waals surface area contributed by atoms with Gasteiger partial charge >= 0.3 is 12.1 Å². The molecule has 1 aliphatic heterocycles. The third-order valence-corrected chi connectivity index (χ3v) is 2.77. The summed E-state index contributed by atoms with van der Waals surface area (Å²) in [6.45, 7) is 5.00. The molecule has 1 amide bonds. The second kappa shape index (κ2) is 5.33. The first-order chi connectivity index (χ1) is 9.69. The van der Waals surface area contributed by atoms with Crippen molar-refractivity contribution in [1.82, 2.24) is 5.32 Å². The number of hydrogen-bond acceptors (Lipinski definition) is 5. The number of cyclic esters (lactones) is 1. The van der Waals surface area contributed by atoms with Crippen molar-refractivity contribution in [3.05, 3.63) is 34.6 Å². The summed E-state index contributed by atoms with van der Waals surface area (Å²) in [7, 11) is 0. The number of hydrogen-bond donors (Lipinski definition) is 2. The fourth-order valence-corrected chi connectivity index (χ4v) is 1.90. The molecule has 114 valence electrons. The maximum Gasteiger partial charge on any atom is 0.407 e. The molecule has 1 atom stereocenters. The van der Waals surface area contributed by atoms with E-state index in [9.17, 15) is 19.1 Å². The van der Waals surface area contributed by atoms with Crippen LogP contribution in [0.5, 0.6) is 0 Å². The summed E-state index contributed by atoms with van der Waals surface area (Å²) in [5, 5.41) is 11.9. The predicted octanol–water partition coefficient (Wildman–Crippen LogP) is 2.01. The second-order valence-electron chi connectivity index (χ2n) is 5.61. The van der Waals surface area contributed by atoms with Gasteiger partial charge in [0.2, 0.25) is 6.29 Å². The van der Waals surface area contributed by atoms with Gasteiger partial charge in [0.05, 0.1) is 11.1 Å². The molecule has 2 rings (SSSR count). The number of carbonyl (C=O) groups excluding carboxylic acids is 2. The lowest BCUT2D eigenvalue weighted by molar-refractivity contribution is -0.0562. The molecule has 0 aliphatic carbocycles. The molecule has 0 saturated heterocycles. The zero-order valence-corrected chi connectivity index (χ0v) is 11.9. The number of aliphatic hydroxyl groups is 1. The highest BCUT2D eigenvalue weighted by atomic mass is 19.1. The van der Waals surface area contributed by atoms with Gasteiger partial charge in [0.1, 0.15) is 11.4 Å². The number of amides is 1. The van der Waals surface area contributed by atoms with Crippen molar-refractivity contribution in [1.29, 1.82) is 0 Å². The first kappa shape index (κ1) is 15.2. The number of alkyl carbamates (subject to hydrolysis) is 1. The monoisotopic (exact) mass is 297 g/mol. The number of rotatable bonds is 2. The van der Waals surface area contributed by atoms with E-state index in [4.69, 9.17) is 4.74 Å². The Balaban J connectivity index is 2.11. The molecule has 7 heteroatoms. The molecule has 1 aromatic carbocycles. The molecule has 6 nitrogen and oxygen atoms in total. The molecule has 1 heterocycles. The van der Waals surface area contributed by atoms with Crippen LogP contribution in [0, 0.1) is 5.82 Å². The van der Waals surface area contributed by atoms with Gasteiger partial charge in [0.15, 0.2) is 0 Å². The maximum atomic E-state index is 14.2. The average molecular weight is 297 g/mol. The lowest BCUT2D eigenvalue weighted by atomic mass is 10.0. The quantitative estimate of drug-likeness (QED) is 0.816. The van der Waals surface area contributed by atoms with Crippen LogP contribution in [0.15, 0.2) is 12.1 Å². The summed E-state index contributed by atoms with van der Waals surface area (Å²) in [5.41, 5.74) is -0.752. The third kappa shape index (κ3) is 3.30. The predicted molar refractivity (Wildman–Crippen MR) is 69.8 cm³/mol. The van der Waals surface area contributed by atoms with E-state index in [1.165, 1.54) is 12.1 Å². The average Bonchev–Trinajstić information content (AvgIpc) is 2.62. The summed E-state index contributed by atoms with van der Waals surface area (Å²) >= 11 is 0. The molecular weight excluding hydrogens is 281 g/mol. The Morgan fingerprint density at radius 3 is 2.76 bits per heavy atom. The minimum atomic E-state index is -1.62. The smallest absolute Gasteiger partial charge is 0.407 e. The first-order valence-electron chi connectivity index (χ1n) is 6.36. The van der Waals surface area contributed by atoms with Crippen LogP contribution in [0.25, 0.3) is 0 Å². The van der Waals surface area contributed by atoms with Crippen LogP contribution in [0.1, 0.15) is 48.5 Å². The SMILES string of the molecule is CC(C)(C)OC(=O)NCc1ccc2c(c1F)C(O)OC2=O. The third-order valence-electron chi connectivity index (χ3n) is 2.77.